The molecule has 32 heavy (non-hydrogen) atoms. The number of aromatic nitrogens is 3. The number of nitriles is 1. The molecule has 1 amide bonds. The zero-order valence-electron chi connectivity index (χ0n) is 18.0. The number of carbonyl (C=O) groups excluding carboxylic acids is 1. The maximum absolute atomic E-state index is 12.6. The molecule has 2 aromatic carbocycles. The van der Waals surface area contributed by atoms with Gasteiger partial charge in [0.15, 0.2) is 11.6 Å². The number of hydrogen-bond donors (Lipinski definition) is 1. The molecule has 4 rings (SSSR count). The van der Waals surface area contributed by atoms with E-state index in [2.05, 4.69) is 16.5 Å². The van der Waals surface area contributed by atoms with E-state index in [0.29, 0.717) is 5.82 Å². The van der Waals surface area contributed by atoms with Crippen LogP contribution in [0.25, 0.3) is 22.8 Å². The average Bonchev–Trinajstić information content (AvgIpc) is 3.21. The van der Waals surface area contributed by atoms with Crippen molar-refractivity contribution >= 4 is 28.7 Å². The number of hydrogen-bond acceptors (Lipinski definition) is 5. The van der Waals surface area contributed by atoms with E-state index in [0.717, 1.165) is 33.3 Å². The molecule has 7 heteroatoms. The summed E-state index contributed by atoms with van der Waals surface area (Å²) in [6.07, 6.45) is 4.51. The fourth-order valence-electron chi connectivity index (χ4n) is 3.42. The molecule has 0 saturated carbocycles. The highest BCUT2D eigenvalue weighted by Crippen LogP contribution is 2.25. The minimum atomic E-state index is -0.382. The smallest absolute Gasteiger partial charge is 0.249 e. The van der Waals surface area contributed by atoms with Crippen LogP contribution in [0.5, 0.6) is 5.75 Å². The van der Waals surface area contributed by atoms with Gasteiger partial charge in [-0.2, -0.15) is 15.0 Å². The van der Waals surface area contributed by atoms with Crippen LogP contribution in [0.2, 0.25) is 0 Å². The molecule has 0 spiro atoms. The third-order valence-corrected chi connectivity index (χ3v) is 5.13. The summed E-state index contributed by atoms with van der Waals surface area (Å²) in [6, 6.07) is 17.3. The molecule has 0 radical (unpaired) electrons. The number of aryl methyl sites for hydroxylation is 2. The van der Waals surface area contributed by atoms with Gasteiger partial charge < -0.3 is 10.1 Å². The van der Waals surface area contributed by atoms with Crippen molar-refractivity contribution in [3.63, 3.8) is 0 Å². The third-order valence-electron chi connectivity index (χ3n) is 5.13. The Bertz CT molecular complexity index is 1380. The number of fused-ring (bicyclic) bond motifs is 1. The number of ether oxygens (including phenoxy) is 1. The average molecular weight is 423 g/mol. The van der Waals surface area contributed by atoms with Crippen LogP contribution in [0.15, 0.2) is 60.8 Å². The lowest BCUT2D eigenvalue weighted by Crippen LogP contribution is -2.14. The van der Waals surface area contributed by atoms with Gasteiger partial charge in [0.2, 0.25) is 5.91 Å². The monoisotopic (exact) mass is 423 g/mol. The Hall–Kier alpha value is -4.44. The number of rotatable bonds is 5. The Labute approximate surface area is 185 Å². The van der Waals surface area contributed by atoms with Crippen molar-refractivity contribution in [3.8, 4) is 17.6 Å². The molecule has 4 aromatic rings. The van der Waals surface area contributed by atoms with Gasteiger partial charge in [0, 0.05) is 11.5 Å². The molecule has 0 atom stereocenters. The number of benzene rings is 2. The topological polar surface area (TPSA) is 92.8 Å². The van der Waals surface area contributed by atoms with Gasteiger partial charge in [0.05, 0.1) is 18.8 Å². The number of anilines is 1. The van der Waals surface area contributed by atoms with E-state index in [1.165, 1.54) is 17.0 Å². The van der Waals surface area contributed by atoms with Crippen LogP contribution in [-0.4, -0.2) is 27.8 Å². The zero-order chi connectivity index (χ0) is 22.7. The van der Waals surface area contributed by atoms with Gasteiger partial charge in [-0.1, -0.05) is 30.3 Å². The minimum absolute atomic E-state index is 0.250. The van der Waals surface area contributed by atoms with Gasteiger partial charge in [-0.05, 0) is 54.8 Å². The first kappa shape index (κ1) is 20.8. The van der Waals surface area contributed by atoms with E-state index in [4.69, 9.17) is 9.72 Å². The molecule has 0 unspecified atom stereocenters. The van der Waals surface area contributed by atoms with Crippen molar-refractivity contribution in [2.45, 2.75) is 13.8 Å². The standard InChI is InChI=1S/C25H21N5O2/c1-16-5-4-6-21-17(2)13-22(28-24(16)21)30-25(19(14-26)15-27-30)29-23(31)12-9-18-7-10-20(32-3)11-8-18/h4-13,15H,1-3H3,(H,29,31)/b12-9+. The highest BCUT2D eigenvalue weighted by molar-refractivity contribution is 6.02. The third kappa shape index (κ3) is 4.07. The molecule has 2 aromatic heterocycles. The number of nitrogens with zero attached hydrogens (tertiary/aromatic N) is 4. The molecule has 158 valence electrons. The molecule has 1 N–H and O–H groups in total. The SMILES string of the molecule is COc1ccc(/C=C/C(=O)Nc2c(C#N)cnn2-c2cc(C)c3cccc(C)c3n2)cc1. The Morgan fingerprint density at radius 3 is 2.66 bits per heavy atom. The molecule has 0 aliphatic rings. The van der Waals surface area contributed by atoms with Gasteiger partial charge in [-0.15, -0.1) is 0 Å². The summed E-state index contributed by atoms with van der Waals surface area (Å²) >= 11 is 0. The van der Waals surface area contributed by atoms with Crippen molar-refractivity contribution in [2.24, 2.45) is 0 Å². The summed E-state index contributed by atoms with van der Waals surface area (Å²) in [7, 11) is 1.60. The van der Waals surface area contributed by atoms with Crippen molar-refractivity contribution in [1.29, 1.82) is 5.26 Å². The molecule has 0 aliphatic heterocycles. The van der Waals surface area contributed by atoms with Crippen LogP contribution in [0.4, 0.5) is 5.82 Å². The number of nitrogens with one attached hydrogen (secondary N) is 1. The highest BCUT2D eigenvalue weighted by atomic mass is 16.5. The number of amides is 1. The Morgan fingerprint density at radius 1 is 1.16 bits per heavy atom. The summed E-state index contributed by atoms with van der Waals surface area (Å²) in [5.74, 6) is 1.16. The van der Waals surface area contributed by atoms with Crippen LogP contribution >= 0.6 is 0 Å². The van der Waals surface area contributed by atoms with Gasteiger partial charge in [-0.25, -0.2) is 4.98 Å². The van der Waals surface area contributed by atoms with E-state index in [9.17, 15) is 10.1 Å². The largest absolute Gasteiger partial charge is 0.497 e. The van der Waals surface area contributed by atoms with Gasteiger partial charge in [-0.3, -0.25) is 4.79 Å². The number of para-hydroxylation sites is 1. The second kappa shape index (κ2) is 8.74. The second-order valence-corrected chi connectivity index (χ2v) is 7.29. The van der Waals surface area contributed by atoms with Crippen molar-refractivity contribution < 1.29 is 9.53 Å². The first-order valence-electron chi connectivity index (χ1n) is 9.98. The molecular formula is C25H21N5O2. The lowest BCUT2D eigenvalue weighted by Gasteiger charge is -2.11. The maximum atomic E-state index is 12.6. The van der Waals surface area contributed by atoms with E-state index in [1.54, 1.807) is 13.2 Å². The number of pyridine rings is 1. The predicted octanol–water partition coefficient (Wildman–Crippen LogP) is 4.57. The first-order valence-corrected chi connectivity index (χ1v) is 9.98. The summed E-state index contributed by atoms with van der Waals surface area (Å²) in [6.45, 7) is 3.99. The summed E-state index contributed by atoms with van der Waals surface area (Å²) < 4.78 is 6.62. The van der Waals surface area contributed by atoms with Crippen LogP contribution in [0, 0.1) is 25.2 Å². The maximum Gasteiger partial charge on any atom is 0.249 e. The van der Waals surface area contributed by atoms with Crippen molar-refractivity contribution in [1.82, 2.24) is 14.8 Å². The van der Waals surface area contributed by atoms with E-state index in [-0.39, 0.29) is 17.3 Å². The lowest BCUT2D eigenvalue weighted by molar-refractivity contribution is -0.111. The molecule has 2 heterocycles. The minimum Gasteiger partial charge on any atom is -0.497 e. The molecule has 7 nitrogen and oxygen atoms in total. The normalized spacial score (nSPS) is 10.9. The number of methoxy groups -OCH3 is 1. The summed E-state index contributed by atoms with van der Waals surface area (Å²) in [5, 5.41) is 17.6. The van der Waals surface area contributed by atoms with Gasteiger partial charge in [0.25, 0.3) is 0 Å². The van der Waals surface area contributed by atoms with Crippen molar-refractivity contribution in [2.75, 3.05) is 12.4 Å². The van der Waals surface area contributed by atoms with Crippen LogP contribution in [0.3, 0.4) is 0 Å². The molecule has 0 fully saturated rings. The summed E-state index contributed by atoms with van der Waals surface area (Å²) in [4.78, 5) is 17.3. The predicted molar refractivity (Wildman–Crippen MR) is 124 cm³/mol. The lowest BCUT2D eigenvalue weighted by atomic mass is 10.1. The first-order chi connectivity index (χ1) is 15.5. The van der Waals surface area contributed by atoms with Crippen LogP contribution in [-0.2, 0) is 4.79 Å². The molecule has 0 bridgehead atoms. The Kier molecular flexibility index (Phi) is 5.69. The fourth-order valence-corrected chi connectivity index (χ4v) is 3.42. The van der Waals surface area contributed by atoms with Gasteiger partial charge in [0.1, 0.15) is 17.4 Å². The van der Waals surface area contributed by atoms with E-state index >= 15 is 0 Å². The van der Waals surface area contributed by atoms with Crippen LogP contribution < -0.4 is 10.1 Å². The molecule has 0 aliphatic carbocycles. The second-order valence-electron chi connectivity index (χ2n) is 7.29. The summed E-state index contributed by atoms with van der Waals surface area (Å²) in [5.41, 5.74) is 4.01. The Balaban J connectivity index is 1.66. The quantitative estimate of drug-likeness (QED) is 0.475. The zero-order valence-corrected chi connectivity index (χ0v) is 18.0. The Morgan fingerprint density at radius 2 is 1.94 bits per heavy atom. The molecule has 0 saturated heterocycles. The highest BCUT2D eigenvalue weighted by Gasteiger charge is 2.16. The van der Waals surface area contributed by atoms with E-state index in [1.807, 2.05) is 62.4 Å². The van der Waals surface area contributed by atoms with Crippen LogP contribution in [0.1, 0.15) is 22.3 Å². The van der Waals surface area contributed by atoms with Crippen molar-refractivity contribution in [3.05, 3.63) is 83.1 Å². The molecular weight excluding hydrogens is 402 g/mol. The number of carbonyl (C=O) groups is 1. The van der Waals surface area contributed by atoms with E-state index < -0.39 is 0 Å². The van der Waals surface area contributed by atoms with Gasteiger partial charge >= 0.3 is 0 Å². The fraction of sp³-hybridized carbons (Fsp3) is 0.120.